The van der Waals surface area contributed by atoms with Crippen LogP contribution in [-0.4, -0.2) is 39.1 Å². The lowest BCUT2D eigenvalue weighted by atomic mass is 10.1. The van der Waals surface area contributed by atoms with Crippen molar-refractivity contribution in [2.24, 2.45) is 11.7 Å². The lowest BCUT2D eigenvalue weighted by Crippen LogP contribution is -2.29. The van der Waals surface area contributed by atoms with Gasteiger partial charge in [0.1, 0.15) is 23.9 Å². The SMILES string of the molecule is CC1(C)O[C@@H]2[C@H](O1)C(CN)C[C@H]2n1ccc2c(N)ncnc21. The number of fused-ring (bicyclic) bond motifs is 2. The number of nitrogens with two attached hydrogens (primary N) is 2. The van der Waals surface area contributed by atoms with Crippen molar-refractivity contribution in [3.63, 3.8) is 0 Å². The Morgan fingerprint density at radius 3 is 2.86 bits per heavy atom. The highest BCUT2D eigenvalue weighted by atomic mass is 16.8. The quantitative estimate of drug-likeness (QED) is 0.860. The molecule has 4 rings (SSSR count). The largest absolute Gasteiger partial charge is 0.383 e. The van der Waals surface area contributed by atoms with Gasteiger partial charge in [-0.1, -0.05) is 0 Å². The number of hydrogen-bond donors (Lipinski definition) is 2. The lowest BCUT2D eigenvalue weighted by Gasteiger charge is -2.24. The van der Waals surface area contributed by atoms with Gasteiger partial charge in [-0.15, -0.1) is 0 Å². The van der Waals surface area contributed by atoms with Crippen molar-refractivity contribution in [3.05, 3.63) is 18.6 Å². The van der Waals surface area contributed by atoms with Crippen LogP contribution in [0.15, 0.2) is 18.6 Å². The third kappa shape index (κ3) is 1.93. The molecular formula is C15H21N5O2. The number of aromatic nitrogens is 3. The molecule has 1 unspecified atom stereocenters. The van der Waals surface area contributed by atoms with E-state index in [1.807, 2.05) is 26.1 Å². The molecular weight excluding hydrogens is 282 g/mol. The molecule has 0 amide bonds. The van der Waals surface area contributed by atoms with E-state index in [9.17, 15) is 0 Å². The highest BCUT2D eigenvalue weighted by Gasteiger charge is 2.54. The second-order valence-corrected chi connectivity index (χ2v) is 6.58. The van der Waals surface area contributed by atoms with Crippen LogP contribution in [0.25, 0.3) is 11.0 Å². The van der Waals surface area contributed by atoms with E-state index >= 15 is 0 Å². The summed E-state index contributed by atoms with van der Waals surface area (Å²) < 4.78 is 14.3. The predicted octanol–water partition coefficient (Wildman–Crippen LogP) is 1.05. The van der Waals surface area contributed by atoms with Gasteiger partial charge >= 0.3 is 0 Å². The standard InChI is InChI=1S/C15H21N5O2/c1-15(2)21-11-8(6-16)5-10(12(11)22-15)20-4-3-9-13(17)18-7-19-14(9)20/h3-4,7-8,10-12H,5-6,16H2,1-2H3,(H2,17,18,19)/t8?,10-,11-,12+/m1/s1. The van der Waals surface area contributed by atoms with Gasteiger partial charge in [-0.25, -0.2) is 9.97 Å². The first-order valence-electron chi connectivity index (χ1n) is 7.63. The summed E-state index contributed by atoms with van der Waals surface area (Å²) in [6.07, 6.45) is 4.43. The Balaban J connectivity index is 1.77. The first kappa shape index (κ1) is 13.9. The van der Waals surface area contributed by atoms with Gasteiger partial charge in [0.25, 0.3) is 0 Å². The Hall–Kier alpha value is -1.70. The van der Waals surface area contributed by atoms with Gasteiger partial charge in [0, 0.05) is 12.1 Å². The molecule has 2 fully saturated rings. The summed E-state index contributed by atoms with van der Waals surface area (Å²) >= 11 is 0. The van der Waals surface area contributed by atoms with E-state index in [0.717, 1.165) is 17.5 Å². The fourth-order valence-electron chi connectivity index (χ4n) is 3.82. The molecule has 0 radical (unpaired) electrons. The molecule has 4 atom stereocenters. The van der Waals surface area contributed by atoms with Crippen molar-refractivity contribution in [3.8, 4) is 0 Å². The first-order chi connectivity index (χ1) is 10.5. The summed E-state index contributed by atoms with van der Waals surface area (Å²) in [6, 6.07) is 2.10. The van der Waals surface area contributed by atoms with Crippen molar-refractivity contribution < 1.29 is 9.47 Å². The fraction of sp³-hybridized carbons (Fsp3) is 0.600. The Labute approximate surface area is 128 Å². The minimum atomic E-state index is -0.571. The molecule has 22 heavy (non-hydrogen) atoms. The van der Waals surface area contributed by atoms with E-state index in [-0.39, 0.29) is 24.2 Å². The Kier molecular flexibility index (Phi) is 2.94. The van der Waals surface area contributed by atoms with Gasteiger partial charge in [-0.3, -0.25) is 0 Å². The number of ether oxygens (including phenoxy) is 2. The van der Waals surface area contributed by atoms with Crippen molar-refractivity contribution >= 4 is 16.9 Å². The molecule has 2 aliphatic rings. The molecule has 0 bridgehead atoms. The summed E-state index contributed by atoms with van der Waals surface area (Å²) in [6.45, 7) is 4.49. The summed E-state index contributed by atoms with van der Waals surface area (Å²) in [5.41, 5.74) is 12.7. The summed E-state index contributed by atoms with van der Waals surface area (Å²) in [7, 11) is 0. The number of anilines is 1. The molecule has 1 aliphatic carbocycles. The van der Waals surface area contributed by atoms with Crippen LogP contribution in [0.4, 0.5) is 5.82 Å². The first-order valence-corrected chi connectivity index (χ1v) is 7.63. The minimum absolute atomic E-state index is 0.0182. The predicted molar refractivity (Wildman–Crippen MR) is 82.0 cm³/mol. The highest BCUT2D eigenvalue weighted by Crippen LogP contribution is 2.47. The Morgan fingerprint density at radius 2 is 2.09 bits per heavy atom. The maximum absolute atomic E-state index is 6.15. The molecule has 2 aromatic heterocycles. The average molecular weight is 303 g/mol. The normalized spacial score (nSPS) is 33.4. The van der Waals surface area contributed by atoms with Crippen LogP contribution in [0, 0.1) is 5.92 Å². The van der Waals surface area contributed by atoms with Crippen molar-refractivity contribution in [2.75, 3.05) is 12.3 Å². The van der Waals surface area contributed by atoms with Crippen molar-refractivity contribution in [1.29, 1.82) is 0 Å². The zero-order valence-electron chi connectivity index (χ0n) is 12.8. The molecule has 0 aromatic carbocycles. The Morgan fingerprint density at radius 1 is 1.32 bits per heavy atom. The monoisotopic (exact) mass is 303 g/mol. The van der Waals surface area contributed by atoms with Crippen LogP contribution >= 0.6 is 0 Å². The molecule has 4 N–H and O–H groups in total. The van der Waals surface area contributed by atoms with E-state index in [1.165, 1.54) is 6.33 Å². The smallest absolute Gasteiger partial charge is 0.163 e. The molecule has 7 nitrogen and oxygen atoms in total. The van der Waals surface area contributed by atoms with Gasteiger partial charge in [-0.2, -0.15) is 0 Å². The third-order valence-corrected chi connectivity index (χ3v) is 4.75. The maximum Gasteiger partial charge on any atom is 0.163 e. The van der Waals surface area contributed by atoms with Crippen LogP contribution in [0.5, 0.6) is 0 Å². The van der Waals surface area contributed by atoms with Gasteiger partial charge in [0.05, 0.1) is 17.5 Å². The topological polar surface area (TPSA) is 101 Å². The van der Waals surface area contributed by atoms with E-state index in [4.69, 9.17) is 20.9 Å². The van der Waals surface area contributed by atoms with E-state index in [0.29, 0.717) is 12.4 Å². The highest BCUT2D eigenvalue weighted by molar-refractivity contribution is 5.86. The van der Waals surface area contributed by atoms with Gasteiger partial charge in [0.2, 0.25) is 0 Å². The number of hydrogen-bond acceptors (Lipinski definition) is 6. The van der Waals surface area contributed by atoms with Crippen LogP contribution in [0.3, 0.4) is 0 Å². The average Bonchev–Trinajstić information content (AvgIpc) is 3.10. The maximum atomic E-state index is 6.15. The minimum Gasteiger partial charge on any atom is -0.383 e. The molecule has 0 spiro atoms. The third-order valence-electron chi connectivity index (χ3n) is 4.75. The fourth-order valence-corrected chi connectivity index (χ4v) is 3.82. The number of rotatable bonds is 2. The van der Waals surface area contributed by atoms with E-state index in [1.54, 1.807) is 0 Å². The van der Waals surface area contributed by atoms with Gasteiger partial charge < -0.3 is 25.5 Å². The Bertz CT molecular complexity index is 713. The molecule has 1 saturated heterocycles. The van der Waals surface area contributed by atoms with E-state index in [2.05, 4.69) is 14.5 Å². The molecule has 2 aromatic rings. The molecule has 1 saturated carbocycles. The molecule has 1 aliphatic heterocycles. The zero-order valence-corrected chi connectivity index (χ0v) is 12.8. The zero-order chi connectivity index (χ0) is 15.5. The van der Waals surface area contributed by atoms with Crippen LogP contribution in [0.1, 0.15) is 26.3 Å². The molecule has 3 heterocycles. The van der Waals surface area contributed by atoms with Crippen molar-refractivity contribution in [2.45, 2.75) is 44.3 Å². The summed E-state index contributed by atoms with van der Waals surface area (Å²) in [5, 5.41) is 0.869. The van der Waals surface area contributed by atoms with Crippen LogP contribution in [0.2, 0.25) is 0 Å². The molecule has 7 heteroatoms. The number of nitrogen functional groups attached to an aromatic ring is 1. The number of nitrogens with zero attached hydrogens (tertiary/aromatic N) is 3. The van der Waals surface area contributed by atoms with Crippen molar-refractivity contribution in [1.82, 2.24) is 14.5 Å². The van der Waals surface area contributed by atoms with E-state index < -0.39 is 5.79 Å². The summed E-state index contributed by atoms with van der Waals surface area (Å²) in [5.74, 6) is 0.212. The second kappa shape index (κ2) is 4.65. The van der Waals surface area contributed by atoms with Crippen LogP contribution < -0.4 is 11.5 Å². The van der Waals surface area contributed by atoms with Gasteiger partial charge in [0.15, 0.2) is 5.79 Å². The molecule has 118 valence electrons. The van der Waals surface area contributed by atoms with Gasteiger partial charge in [-0.05, 0) is 32.9 Å². The summed E-state index contributed by atoms with van der Waals surface area (Å²) in [4.78, 5) is 8.44. The second-order valence-electron chi connectivity index (χ2n) is 6.58. The lowest BCUT2D eigenvalue weighted by molar-refractivity contribution is -0.159. The van der Waals surface area contributed by atoms with Crippen LogP contribution in [-0.2, 0) is 9.47 Å².